The molecule has 7 heteroatoms. The van der Waals surface area contributed by atoms with Gasteiger partial charge in [0.15, 0.2) is 0 Å². The van der Waals surface area contributed by atoms with Crippen LogP contribution in [0.4, 0.5) is 10.1 Å². The van der Waals surface area contributed by atoms with E-state index in [9.17, 15) is 9.18 Å². The van der Waals surface area contributed by atoms with E-state index in [1.807, 2.05) is 12.1 Å². The molecule has 4 aromatic rings. The number of benzene rings is 3. The van der Waals surface area contributed by atoms with Crippen molar-refractivity contribution in [2.24, 2.45) is 0 Å². The summed E-state index contributed by atoms with van der Waals surface area (Å²) in [6, 6.07) is 20.5. The molecule has 0 amide bonds. The molecule has 0 atom stereocenters. The van der Waals surface area contributed by atoms with Crippen LogP contribution in [0, 0.1) is 5.82 Å². The normalized spacial score (nSPS) is 13.2. The van der Waals surface area contributed by atoms with E-state index in [-0.39, 0.29) is 17.1 Å². The topological polar surface area (TPSA) is 47.4 Å². The van der Waals surface area contributed by atoms with Crippen LogP contribution in [0.25, 0.3) is 16.8 Å². The second kappa shape index (κ2) is 9.53. The first-order valence-corrected chi connectivity index (χ1v) is 11.3. The van der Waals surface area contributed by atoms with Crippen molar-refractivity contribution in [3.63, 3.8) is 0 Å². The predicted molar refractivity (Wildman–Crippen MR) is 133 cm³/mol. The minimum atomic E-state index is -0.364. The van der Waals surface area contributed by atoms with E-state index in [4.69, 9.17) is 16.3 Å². The molecule has 2 heterocycles. The van der Waals surface area contributed by atoms with Crippen LogP contribution in [0.15, 0.2) is 95.9 Å². The van der Waals surface area contributed by atoms with Gasteiger partial charge in [0.05, 0.1) is 11.9 Å². The van der Waals surface area contributed by atoms with Gasteiger partial charge in [0.2, 0.25) is 5.75 Å². The van der Waals surface area contributed by atoms with Gasteiger partial charge in [-0.3, -0.25) is 4.79 Å². The van der Waals surface area contributed by atoms with Crippen LogP contribution >= 0.6 is 11.6 Å². The molecule has 1 aliphatic rings. The molecule has 170 valence electrons. The predicted octanol–water partition coefficient (Wildman–Crippen LogP) is 6.25. The number of rotatable bonds is 5. The first-order valence-electron chi connectivity index (χ1n) is 10.9. The minimum absolute atomic E-state index is 0.204. The van der Waals surface area contributed by atoms with Gasteiger partial charge in [-0.1, -0.05) is 48.0 Å². The Balaban J connectivity index is 1.52. The zero-order valence-corrected chi connectivity index (χ0v) is 19.0. The van der Waals surface area contributed by atoms with Crippen LogP contribution in [0.3, 0.4) is 0 Å². The number of aromatic nitrogens is 2. The maximum absolute atomic E-state index is 13.5. The maximum Gasteiger partial charge on any atom is 0.316 e. The first kappa shape index (κ1) is 21.9. The van der Waals surface area contributed by atoms with E-state index < -0.39 is 0 Å². The zero-order valence-electron chi connectivity index (χ0n) is 18.2. The van der Waals surface area contributed by atoms with Gasteiger partial charge in [0.25, 0.3) is 0 Å². The van der Waals surface area contributed by atoms with Gasteiger partial charge in [-0.15, -0.1) is 0 Å². The molecule has 0 spiro atoms. The molecule has 5 nitrogen and oxygen atoms in total. The largest absolute Gasteiger partial charge is 0.449 e. The molecular weight excluding hydrogens is 453 g/mol. The highest BCUT2D eigenvalue weighted by Crippen LogP contribution is 2.31. The fraction of sp³-hybridized carbons (Fsp3) is 0.111. The molecule has 0 bridgehead atoms. The van der Waals surface area contributed by atoms with Crippen molar-refractivity contribution in [2.75, 3.05) is 18.0 Å². The SMILES string of the molecule is O=c1c(Oc2ccc(-c3ccc(F)cc3)cc2)c(N2CC=CCC2)cnn1-c1ccc(Cl)cc1. The Hall–Kier alpha value is -3.90. The lowest BCUT2D eigenvalue weighted by Gasteiger charge is -2.27. The fourth-order valence-corrected chi connectivity index (χ4v) is 3.98. The maximum atomic E-state index is 13.5. The summed E-state index contributed by atoms with van der Waals surface area (Å²) in [4.78, 5) is 15.6. The van der Waals surface area contributed by atoms with Crippen LogP contribution in [-0.2, 0) is 0 Å². The van der Waals surface area contributed by atoms with Gasteiger partial charge in [0.1, 0.15) is 17.3 Å². The summed E-state index contributed by atoms with van der Waals surface area (Å²) in [7, 11) is 0. The molecule has 1 aliphatic heterocycles. The van der Waals surface area contributed by atoms with Crippen molar-refractivity contribution in [3.8, 4) is 28.3 Å². The molecule has 1 aromatic heterocycles. The van der Waals surface area contributed by atoms with Gasteiger partial charge >= 0.3 is 5.56 Å². The molecule has 0 saturated carbocycles. The smallest absolute Gasteiger partial charge is 0.316 e. The van der Waals surface area contributed by atoms with Gasteiger partial charge in [0, 0.05) is 18.1 Å². The third-order valence-electron chi connectivity index (χ3n) is 5.64. The quantitative estimate of drug-likeness (QED) is 0.321. The summed E-state index contributed by atoms with van der Waals surface area (Å²) < 4.78 is 20.7. The van der Waals surface area contributed by atoms with E-state index in [1.54, 1.807) is 54.7 Å². The zero-order chi connectivity index (χ0) is 23.5. The molecule has 0 aliphatic carbocycles. The third kappa shape index (κ3) is 4.58. The van der Waals surface area contributed by atoms with Crippen LogP contribution < -0.4 is 15.2 Å². The Bertz CT molecular complexity index is 1380. The monoisotopic (exact) mass is 473 g/mol. The van der Waals surface area contributed by atoms with Crippen LogP contribution in [0.5, 0.6) is 11.5 Å². The Kier molecular flexibility index (Phi) is 6.14. The van der Waals surface area contributed by atoms with Gasteiger partial charge in [-0.2, -0.15) is 9.78 Å². The Morgan fingerprint density at radius 3 is 2.21 bits per heavy atom. The Labute approximate surface area is 201 Å². The van der Waals surface area contributed by atoms with Crippen molar-refractivity contribution in [1.82, 2.24) is 9.78 Å². The van der Waals surface area contributed by atoms with E-state index in [0.29, 0.717) is 28.7 Å². The summed E-state index contributed by atoms with van der Waals surface area (Å²) in [5.74, 6) is 0.443. The number of anilines is 1. The van der Waals surface area contributed by atoms with E-state index in [2.05, 4.69) is 22.2 Å². The molecular formula is C27H21ClFN3O2. The van der Waals surface area contributed by atoms with Crippen molar-refractivity contribution in [3.05, 3.63) is 112 Å². The molecule has 0 radical (unpaired) electrons. The summed E-state index contributed by atoms with van der Waals surface area (Å²) in [5, 5.41) is 4.98. The highest BCUT2D eigenvalue weighted by molar-refractivity contribution is 6.30. The first-order chi connectivity index (χ1) is 16.6. The standard InChI is InChI=1S/C27H21ClFN3O2/c28-21-8-12-23(13-9-21)32-27(33)26(25(18-30-32)31-16-2-1-3-17-31)34-24-14-6-20(7-15-24)19-4-10-22(29)11-5-19/h1-2,4-15,18H,3,16-17H2. The number of halogens is 2. The molecule has 0 unspecified atom stereocenters. The van der Waals surface area contributed by atoms with Crippen LogP contribution in [0.2, 0.25) is 5.02 Å². The van der Waals surface area contributed by atoms with Crippen molar-refractivity contribution in [1.29, 1.82) is 0 Å². The molecule has 34 heavy (non-hydrogen) atoms. The van der Waals surface area contributed by atoms with E-state index in [1.165, 1.54) is 16.8 Å². The number of hydrogen-bond acceptors (Lipinski definition) is 4. The van der Waals surface area contributed by atoms with E-state index >= 15 is 0 Å². The summed E-state index contributed by atoms with van der Waals surface area (Å²) in [6.45, 7) is 1.44. The lowest BCUT2D eigenvalue weighted by molar-refractivity contribution is 0.466. The fourth-order valence-electron chi connectivity index (χ4n) is 3.85. The molecule has 5 rings (SSSR count). The lowest BCUT2D eigenvalue weighted by atomic mass is 10.1. The Morgan fingerprint density at radius 1 is 0.882 bits per heavy atom. The molecule has 3 aromatic carbocycles. The molecule has 0 N–H and O–H groups in total. The number of ether oxygens (including phenoxy) is 1. The van der Waals surface area contributed by atoms with Crippen molar-refractivity contribution in [2.45, 2.75) is 6.42 Å². The molecule has 0 saturated heterocycles. The van der Waals surface area contributed by atoms with Gasteiger partial charge in [-0.05, 0) is 66.1 Å². The van der Waals surface area contributed by atoms with Crippen LogP contribution in [0.1, 0.15) is 6.42 Å². The molecule has 0 fully saturated rings. The highest BCUT2D eigenvalue weighted by Gasteiger charge is 2.20. The van der Waals surface area contributed by atoms with Crippen molar-refractivity contribution >= 4 is 17.3 Å². The number of nitrogens with zero attached hydrogens (tertiary/aromatic N) is 3. The van der Waals surface area contributed by atoms with E-state index in [0.717, 1.165) is 24.1 Å². The minimum Gasteiger partial charge on any atom is -0.449 e. The summed E-state index contributed by atoms with van der Waals surface area (Å²) >= 11 is 6.00. The lowest BCUT2D eigenvalue weighted by Crippen LogP contribution is -2.31. The second-order valence-electron chi connectivity index (χ2n) is 7.89. The van der Waals surface area contributed by atoms with Gasteiger partial charge < -0.3 is 9.64 Å². The summed E-state index contributed by atoms with van der Waals surface area (Å²) in [6.07, 6.45) is 6.73. The number of hydrogen-bond donors (Lipinski definition) is 0. The average Bonchev–Trinajstić information content (AvgIpc) is 2.87. The van der Waals surface area contributed by atoms with Gasteiger partial charge in [-0.25, -0.2) is 4.39 Å². The third-order valence-corrected chi connectivity index (χ3v) is 5.89. The summed E-state index contributed by atoms with van der Waals surface area (Å²) in [5.41, 5.74) is 2.68. The highest BCUT2D eigenvalue weighted by atomic mass is 35.5. The average molecular weight is 474 g/mol. The second-order valence-corrected chi connectivity index (χ2v) is 8.33. The van der Waals surface area contributed by atoms with Crippen molar-refractivity contribution < 1.29 is 9.13 Å². The van der Waals surface area contributed by atoms with Crippen LogP contribution in [-0.4, -0.2) is 22.9 Å². The Morgan fingerprint density at radius 2 is 1.56 bits per heavy atom.